The Balaban J connectivity index is 1.65. The van der Waals surface area contributed by atoms with Crippen LogP contribution in [0.15, 0.2) is 47.6 Å². The summed E-state index contributed by atoms with van der Waals surface area (Å²) < 4.78 is 5.80. The monoisotopic (exact) mass is 360 g/mol. The molecule has 0 atom stereocenters. The molecule has 24 heavy (non-hydrogen) atoms. The second kappa shape index (κ2) is 7.29. The third-order valence-electron chi connectivity index (χ3n) is 3.12. The Morgan fingerprint density at radius 3 is 3.00 bits per heavy atom. The van der Waals surface area contributed by atoms with E-state index < -0.39 is 5.91 Å². The lowest BCUT2D eigenvalue weighted by atomic mass is 10.2. The SMILES string of the molecule is COc1cccc(/C=N\NC(=O)c2cc(-c3ccc(Cl)s3)[nH]n2)c1. The largest absolute Gasteiger partial charge is 0.497 e. The molecule has 0 bridgehead atoms. The summed E-state index contributed by atoms with van der Waals surface area (Å²) >= 11 is 7.31. The van der Waals surface area contributed by atoms with Gasteiger partial charge in [-0.15, -0.1) is 11.3 Å². The number of carbonyl (C=O) groups excluding carboxylic acids is 1. The normalized spacial score (nSPS) is 10.9. The topological polar surface area (TPSA) is 79.4 Å². The van der Waals surface area contributed by atoms with Gasteiger partial charge in [-0.05, 0) is 35.9 Å². The van der Waals surface area contributed by atoms with Gasteiger partial charge in [-0.2, -0.15) is 10.2 Å². The Hall–Kier alpha value is -2.64. The van der Waals surface area contributed by atoms with Crippen LogP contribution in [0.2, 0.25) is 4.34 Å². The first-order valence-corrected chi connectivity index (χ1v) is 8.14. The van der Waals surface area contributed by atoms with Crippen LogP contribution in [-0.4, -0.2) is 29.4 Å². The van der Waals surface area contributed by atoms with Gasteiger partial charge in [-0.3, -0.25) is 9.89 Å². The number of H-pyrrole nitrogens is 1. The van der Waals surface area contributed by atoms with Crippen molar-refractivity contribution in [2.75, 3.05) is 7.11 Å². The molecule has 3 aromatic rings. The van der Waals surface area contributed by atoms with E-state index in [0.717, 1.165) is 21.9 Å². The standard InChI is InChI=1S/C16H13ClN4O2S/c1-23-11-4-2-3-10(7-11)9-18-21-16(22)13-8-12(19-20-13)14-5-6-15(17)24-14/h2-9H,1H3,(H,19,20)(H,21,22)/b18-9-. The minimum atomic E-state index is -0.403. The molecule has 0 fully saturated rings. The van der Waals surface area contributed by atoms with E-state index in [2.05, 4.69) is 20.7 Å². The molecule has 2 N–H and O–H groups in total. The van der Waals surface area contributed by atoms with Gasteiger partial charge >= 0.3 is 0 Å². The Morgan fingerprint density at radius 1 is 1.38 bits per heavy atom. The highest BCUT2D eigenvalue weighted by Crippen LogP contribution is 2.29. The van der Waals surface area contributed by atoms with E-state index in [1.54, 1.807) is 19.2 Å². The average molecular weight is 361 g/mol. The molecule has 2 aromatic heterocycles. The predicted molar refractivity (Wildman–Crippen MR) is 95.0 cm³/mol. The molecule has 1 aromatic carbocycles. The van der Waals surface area contributed by atoms with Gasteiger partial charge in [-0.25, -0.2) is 5.43 Å². The summed E-state index contributed by atoms with van der Waals surface area (Å²) in [4.78, 5) is 13.0. The van der Waals surface area contributed by atoms with Crippen molar-refractivity contribution in [3.8, 4) is 16.3 Å². The second-order valence-corrected chi connectivity index (χ2v) is 6.46. The molecule has 1 amide bonds. The molecule has 6 nitrogen and oxygen atoms in total. The van der Waals surface area contributed by atoms with E-state index >= 15 is 0 Å². The molecule has 0 aliphatic carbocycles. The van der Waals surface area contributed by atoms with Gasteiger partial charge < -0.3 is 4.74 Å². The molecule has 0 aliphatic heterocycles. The number of hydrogen-bond donors (Lipinski definition) is 2. The summed E-state index contributed by atoms with van der Waals surface area (Å²) in [5.74, 6) is 0.316. The quantitative estimate of drug-likeness (QED) is 0.539. The van der Waals surface area contributed by atoms with Crippen molar-refractivity contribution in [1.82, 2.24) is 15.6 Å². The van der Waals surface area contributed by atoms with Crippen LogP contribution >= 0.6 is 22.9 Å². The van der Waals surface area contributed by atoms with Crippen LogP contribution in [0.1, 0.15) is 16.1 Å². The lowest BCUT2D eigenvalue weighted by Gasteiger charge is -1.99. The van der Waals surface area contributed by atoms with Crippen molar-refractivity contribution in [2.45, 2.75) is 0 Å². The van der Waals surface area contributed by atoms with Crippen molar-refractivity contribution in [1.29, 1.82) is 0 Å². The smallest absolute Gasteiger partial charge is 0.291 e. The number of rotatable bonds is 5. The van der Waals surface area contributed by atoms with Crippen molar-refractivity contribution in [3.63, 3.8) is 0 Å². The number of nitrogens with one attached hydrogen (secondary N) is 2. The number of benzene rings is 1. The molecule has 0 saturated heterocycles. The number of methoxy groups -OCH3 is 1. The van der Waals surface area contributed by atoms with Crippen LogP contribution in [0.5, 0.6) is 5.75 Å². The Morgan fingerprint density at radius 2 is 2.25 bits per heavy atom. The minimum Gasteiger partial charge on any atom is -0.497 e. The molecule has 0 saturated carbocycles. The number of ether oxygens (including phenoxy) is 1. The number of hydrogen-bond acceptors (Lipinski definition) is 5. The Labute approximate surface area is 147 Å². The summed E-state index contributed by atoms with van der Waals surface area (Å²) in [5, 5.41) is 10.7. The number of thiophene rings is 1. The van der Waals surface area contributed by atoms with E-state index in [4.69, 9.17) is 16.3 Å². The molecule has 0 unspecified atom stereocenters. The fourth-order valence-corrected chi connectivity index (χ4v) is 2.98. The maximum absolute atomic E-state index is 12.1. The number of amides is 1. The van der Waals surface area contributed by atoms with Gasteiger partial charge in [0, 0.05) is 0 Å². The predicted octanol–water partition coefficient (Wildman–Crippen LogP) is 3.56. The fourth-order valence-electron chi connectivity index (χ4n) is 1.97. The molecule has 0 radical (unpaired) electrons. The number of aromatic nitrogens is 2. The van der Waals surface area contributed by atoms with Gasteiger partial charge in [0.05, 0.1) is 28.2 Å². The number of hydrazone groups is 1. The van der Waals surface area contributed by atoms with Crippen LogP contribution in [0.4, 0.5) is 0 Å². The summed E-state index contributed by atoms with van der Waals surface area (Å²) in [6, 6.07) is 12.6. The maximum Gasteiger partial charge on any atom is 0.291 e. The molecular formula is C16H13ClN4O2S. The average Bonchev–Trinajstić information content (AvgIpc) is 3.24. The van der Waals surface area contributed by atoms with Gasteiger partial charge in [0.25, 0.3) is 5.91 Å². The Kier molecular flexibility index (Phi) is 4.93. The molecule has 122 valence electrons. The Bertz CT molecular complexity index is 888. The number of carbonyl (C=O) groups is 1. The number of halogens is 1. The van der Waals surface area contributed by atoms with Gasteiger partial charge in [0.15, 0.2) is 5.69 Å². The molecule has 3 rings (SSSR count). The van der Waals surface area contributed by atoms with E-state index in [1.165, 1.54) is 17.6 Å². The first kappa shape index (κ1) is 16.2. The van der Waals surface area contributed by atoms with Crippen LogP contribution < -0.4 is 10.2 Å². The lowest BCUT2D eigenvalue weighted by Crippen LogP contribution is -2.17. The third-order valence-corrected chi connectivity index (χ3v) is 4.39. The highest BCUT2D eigenvalue weighted by atomic mass is 35.5. The minimum absolute atomic E-state index is 0.248. The second-order valence-electron chi connectivity index (χ2n) is 4.75. The lowest BCUT2D eigenvalue weighted by molar-refractivity contribution is 0.0950. The van der Waals surface area contributed by atoms with Gasteiger partial charge in [-0.1, -0.05) is 23.7 Å². The van der Waals surface area contributed by atoms with E-state index in [0.29, 0.717) is 4.34 Å². The van der Waals surface area contributed by atoms with Gasteiger partial charge in [0.1, 0.15) is 5.75 Å². The van der Waals surface area contributed by atoms with Crippen LogP contribution in [-0.2, 0) is 0 Å². The van der Waals surface area contributed by atoms with Crippen molar-refractivity contribution in [3.05, 3.63) is 58.1 Å². The van der Waals surface area contributed by atoms with Crippen molar-refractivity contribution < 1.29 is 9.53 Å². The number of nitrogens with zero attached hydrogens (tertiary/aromatic N) is 2. The first-order chi connectivity index (χ1) is 11.7. The van der Waals surface area contributed by atoms with Crippen LogP contribution in [0.25, 0.3) is 10.6 Å². The van der Waals surface area contributed by atoms with Crippen LogP contribution in [0, 0.1) is 0 Å². The van der Waals surface area contributed by atoms with Crippen molar-refractivity contribution >= 4 is 35.1 Å². The zero-order chi connectivity index (χ0) is 16.9. The summed E-state index contributed by atoms with van der Waals surface area (Å²) in [5.41, 5.74) is 4.23. The highest BCUT2D eigenvalue weighted by molar-refractivity contribution is 7.19. The fraction of sp³-hybridized carbons (Fsp3) is 0.0625. The number of aromatic amines is 1. The highest BCUT2D eigenvalue weighted by Gasteiger charge is 2.11. The third kappa shape index (κ3) is 3.81. The van der Waals surface area contributed by atoms with E-state index in [-0.39, 0.29) is 5.69 Å². The summed E-state index contributed by atoms with van der Waals surface area (Å²) in [6.07, 6.45) is 1.53. The molecule has 8 heteroatoms. The summed E-state index contributed by atoms with van der Waals surface area (Å²) in [7, 11) is 1.59. The zero-order valence-corrected chi connectivity index (χ0v) is 14.2. The maximum atomic E-state index is 12.1. The molecule has 2 heterocycles. The molecule has 0 aliphatic rings. The van der Waals surface area contributed by atoms with E-state index in [9.17, 15) is 4.79 Å². The summed E-state index contributed by atoms with van der Waals surface area (Å²) in [6.45, 7) is 0. The molecule has 0 spiro atoms. The molecular weight excluding hydrogens is 348 g/mol. The van der Waals surface area contributed by atoms with Crippen LogP contribution in [0.3, 0.4) is 0 Å². The van der Waals surface area contributed by atoms with Crippen molar-refractivity contribution in [2.24, 2.45) is 5.10 Å². The first-order valence-electron chi connectivity index (χ1n) is 6.94. The van der Waals surface area contributed by atoms with Gasteiger partial charge in [0.2, 0.25) is 0 Å². The van der Waals surface area contributed by atoms with E-state index in [1.807, 2.05) is 30.3 Å². The zero-order valence-electron chi connectivity index (χ0n) is 12.6.